The minimum absolute atomic E-state index is 0.0555. The second-order valence-electron chi connectivity index (χ2n) is 6.85. The maximum absolute atomic E-state index is 13.5. The number of benzene rings is 1. The highest BCUT2D eigenvalue weighted by Gasteiger charge is 2.29. The van der Waals surface area contributed by atoms with E-state index in [0.717, 1.165) is 9.13 Å². The maximum atomic E-state index is 13.5. The van der Waals surface area contributed by atoms with Gasteiger partial charge in [0.15, 0.2) is 18.4 Å². The molecule has 0 radical (unpaired) electrons. The Labute approximate surface area is 159 Å². The minimum atomic E-state index is -1.11. The van der Waals surface area contributed by atoms with E-state index in [-0.39, 0.29) is 52.7 Å². The van der Waals surface area contributed by atoms with Gasteiger partial charge in [-0.2, -0.15) is 0 Å². The van der Waals surface area contributed by atoms with Gasteiger partial charge in [0.25, 0.3) is 5.56 Å². The predicted octanol–water partition coefficient (Wildman–Crippen LogP) is 2.56. The van der Waals surface area contributed by atoms with Gasteiger partial charge in [-0.15, -0.1) is 0 Å². The number of allylic oxidation sites excluding steroid dienone is 2. The fourth-order valence-corrected chi connectivity index (χ4v) is 3.66. The van der Waals surface area contributed by atoms with Crippen LogP contribution in [0.1, 0.15) is 48.5 Å². The molecule has 8 heteroatoms. The number of aromatic nitrogens is 2. The molecule has 0 fully saturated rings. The van der Waals surface area contributed by atoms with Crippen LogP contribution in [0.3, 0.4) is 0 Å². The van der Waals surface area contributed by atoms with Gasteiger partial charge >= 0.3 is 5.69 Å². The molecule has 0 amide bonds. The molecule has 1 aliphatic carbocycles. The third-order valence-electron chi connectivity index (χ3n) is 5.08. The zero-order valence-electron chi connectivity index (χ0n) is 15.7. The number of nitrogens with zero attached hydrogens (tertiary/aromatic N) is 2. The molecule has 1 aliphatic rings. The van der Waals surface area contributed by atoms with Gasteiger partial charge in [0.1, 0.15) is 11.3 Å². The highest BCUT2D eigenvalue weighted by atomic mass is 19.1. The summed E-state index contributed by atoms with van der Waals surface area (Å²) in [5.74, 6) is -1.36. The van der Waals surface area contributed by atoms with Gasteiger partial charge in [-0.25, -0.2) is 9.18 Å². The van der Waals surface area contributed by atoms with Gasteiger partial charge in [-0.3, -0.25) is 23.5 Å². The van der Waals surface area contributed by atoms with Crippen molar-refractivity contribution in [2.75, 3.05) is 0 Å². The van der Waals surface area contributed by atoms with E-state index in [1.54, 1.807) is 6.92 Å². The fraction of sp³-hybridized carbons (Fsp3) is 0.400. The Balaban J connectivity index is 2.32. The van der Waals surface area contributed by atoms with Gasteiger partial charge in [-0.05, 0) is 37.5 Å². The molecule has 0 saturated carbocycles. The molecule has 0 aliphatic heterocycles. The van der Waals surface area contributed by atoms with Gasteiger partial charge in [0.05, 0.1) is 10.9 Å². The summed E-state index contributed by atoms with van der Waals surface area (Å²) in [4.78, 5) is 50.4. The van der Waals surface area contributed by atoms with Crippen molar-refractivity contribution in [1.29, 1.82) is 0 Å². The average Bonchev–Trinajstić information content (AvgIpc) is 2.65. The lowest BCUT2D eigenvalue weighted by Gasteiger charge is -2.17. The SMILES string of the molecule is CCCn1c(=O)c2c(C)c(C(=O)C3=C(O)CCCC3=O)ccc2n(CF)c1=O. The standard InChI is InChI=1S/C20H21FN2O5/c1-3-9-22-19(27)16-11(2)12(7-8-13(16)23(10-21)20(22)28)18(26)17-14(24)5-4-6-15(17)25/h7-8,24H,3-6,9-10H2,1-2H3. The molecule has 7 nitrogen and oxygen atoms in total. The lowest BCUT2D eigenvalue weighted by molar-refractivity contribution is -0.116. The third kappa shape index (κ3) is 2.98. The number of alkyl halides is 1. The Bertz CT molecular complexity index is 1140. The predicted molar refractivity (Wildman–Crippen MR) is 101 cm³/mol. The van der Waals surface area contributed by atoms with Gasteiger partial charge in [0, 0.05) is 24.9 Å². The minimum Gasteiger partial charge on any atom is -0.511 e. The van der Waals surface area contributed by atoms with Crippen molar-refractivity contribution in [2.45, 2.75) is 52.9 Å². The smallest absolute Gasteiger partial charge is 0.333 e. The number of rotatable bonds is 5. The summed E-state index contributed by atoms with van der Waals surface area (Å²) in [6.07, 6.45) is 1.38. The number of halogens is 1. The van der Waals surface area contributed by atoms with Crippen LogP contribution in [0.5, 0.6) is 0 Å². The van der Waals surface area contributed by atoms with Crippen molar-refractivity contribution >= 4 is 22.5 Å². The first-order chi connectivity index (χ1) is 13.3. The quantitative estimate of drug-likeness (QED) is 0.627. The van der Waals surface area contributed by atoms with E-state index in [9.17, 15) is 28.7 Å². The van der Waals surface area contributed by atoms with Gasteiger partial charge in [0.2, 0.25) is 0 Å². The molecule has 1 N–H and O–H groups in total. The third-order valence-corrected chi connectivity index (χ3v) is 5.08. The molecule has 0 bridgehead atoms. The number of carbonyl (C=O) groups excluding carboxylic acids is 2. The first kappa shape index (κ1) is 19.7. The van der Waals surface area contributed by atoms with Crippen LogP contribution in [0.2, 0.25) is 0 Å². The molecule has 0 atom stereocenters. The molecule has 1 aromatic carbocycles. The first-order valence-electron chi connectivity index (χ1n) is 9.16. The lowest BCUT2D eigenvalue weighted by Crippen LogP contribution is -2.40. The van der Waals surface area contributed by atoms with Crippen molar-refractivity contribution in [3.8, 4) is 0 Å². The first-order valence-corrected chi connectivity index (χ1v) is 9.16. The van der Waals surface area contributed by atoms with Crippen molar-refractivity contribution in [1.82, 2.24) is 9.13 Å². The summed E-state index contributed by atoms with van der Waals surface area (Å²) < 4.78 is 15.3. The number of hydrogen-bond acceptors (Lipinski definition) is 5. The van der Waals surface area contributed by atoms with E-state index in [4.69, 9.17) is 0 Å². The van der Waals surface area contributed by atoms with Crippen molar-refractivity contribution in [2.24, 2.45) is 0 Å². The molecule has 0 spiro atoms. The Morgan fingerprint density at radius 2 is 1.89 bits per heavy atom. The van der Waals surface area contributed by atoms with E-state index in [0.29, 0.717) is 12.8 Å². The van der Waals surface area contributed by atoms with Crippen LogP contribution in [0.4, 0.5) is 4.39 Å². The number of fused-ring (bicyclic) bond motifs is 1. The van der Waals surface area contributed by atoms with E-state index in [2.05, 4.69) is 0 Å². The van der Waals surface area contributed by atoms with Crippen LogP contribution in [0.15, 0.2) is 33.1 Å². The Morgan fingerprint density at radius 3 is 2.50 bits per heavy atom. The van der Waals surface area contributed by atoms with Gasteiger partial charge < -0.3 is 5.11 Å². The van der Waals surface area contributed by atoms with Crippen LogP contribution in [0, 0.1) is 6.92 Å². The number of Topliss-reactive ketones (excluding diaryl/α,β-unsaturated/α-hetero) is 2. The monoisotopic (exact) mass is 388 g/mol. The highest BCUT2D eigenvalue weighted by Crippen LogP contribution is 2.26. The second kappa shape index (κ2) is 7.53. The topological polar surface area (TPSA) is 98.4 Å². The van der Waals surface area contributed by atoms with Crippen LogP contribution < -0.4 is 11.2 Å². The van der Waals surface area contributed by atoms with Crippen LogP contribution in [0.25, 0.3) is 10.9 Å². The normalized spacial score (nSPS) is 14.8. The van der Waals surface area contributed by atoms with Crippen LogP contribution in [-0.2, 0) is 18.1 Å². The molecule has 28 heavy (non-hydrogen) atoms. The number of hydrogen-bond donors (Lipinski definition) is 1. The van der Waals surface area contributed by atoms with Crippen molar-refractivity contribution in [3.63, 3.8) is 0 Å². The van der Waals surface area contributed by atoms with Crippen molar-refractivity contribution < 1.29 is 19.1 Å². The molecular formula is C20H21FN2O5. The Morgan fingerprint density at radius 1 is 1.18 bits per heavy atom. The molecule has 3 rings (SSSR count). The summed E-state index contributed by atoms with van der Waals surface area (Å²) in [7, 11) is 0. The molecular weight excluding hydrogens is 367 g/mol. The summed E-state index contributed by atoms with van der Waals surface area (Å²) in [5, 5.41) is 10.1. The van der Waals surface area contributed by atoms with E-state index in [1.165, 1.54) is 19.1 Å². The molecule has 148 valence electrons. The number of aliphatic hydroxyl groups excluding tert-OH is 1. The highest BCUT2D eigenvalue weighted by molar-refractivity contribution is 6.27. The van der Waals surface area contributed by atoms with Crippen LogP contribution in [-0.4, -0.2) is 25.8 Å². The summed E-state index contributed by atoms with van der Waals surface area (Å²) >= 11 is 0. The summed E-state index contributed by atoms with van der Waals surface area (Å²) in [6.45, 7) is 2.31. The number of ketones is 2. The molecule has 1 aromatic heterocycles. The second-order valence-corrected chi connectivity index (χ2v) is 6.85. The molecule has 2 aromatic rings. The Kier molecular flexibility index (Phi) is 5.31. The van der Waals surface area contributed by atoms with Gasteiger partial charge in [-0.1, -0.05) is 6.92 Å². The zero-order valence-corrected chi connectivity index (χ0v) is 15.7. The largest absolute Gasteiger partial charge is 0.511 e. The lowest BCUT2D eigenvalue weighted by atomic mass is 9.88. The number of aryl methyl sites for hydroxylation is 1. The molecule has 0 saturated heterocycles. The van der Waals surface area contributed by atoms with E-state index >= 15 is 0 Å². The molecule has 1 heterocycles. The zero-order chi connectivity index (χ0) is 20.6. The Hall–Kier alpha value is -3.03. The summed E-state index contributed by atoms with van der Waals surface area (Å²) in [6, 6.07) is 2.69. The van der Waals surface area contributed by atoms with E-state index in [1.807, 2.05) is 0 Å². The maximum Gasteiger partial charge on any atom is 0.333 e. The fourth-order valence-electron chi connectivity index (χ4n) is 3.66. The van der Waals surface area contributed by atoms with Crippen LogP contribution >= 0.6 is 0 Å². The molecule has 0 unspecified atom stereocenters. The summed E-state index contributed by atoms with van der Waals surface area (Å²) in [5.41, 5.74) is -1.20. The number of carbonyl (C=O) groups is 2. The average molecular weight is 388 g/mol. The van der Waals surface area contributed by atoms with Crippen molar-refractivity contribution in [3.05, 3.63) is 55.4 Å². The number of aliphatic hydroxyl groups is 1. The van der Waals surface area contributed by atoms with E-state index < -0.39 is 29.6 Å².